The maximum atomic E-state index is 13.6. The molecule has 4 heterocycles. The monoisotopic (exact) mass is 537 g/mol. The maximum absolute atomic E-state index is 13.6. The molecule has 0 radical (unpaired) electrons. The first-order valence-corrected chi connectivity index (χ1v) is 14.8. The molecule has 2 atom stereocenters. The number of hydrogen-bond donors (Lipinski definition) is 1. The number of ether oxygens (including phenoxy) is 1. The Balaban J connectivity index is 1.47. The summed E-state index contributed by atoms with van der Waals surface area (Å²) < 4.78 is 33.4. The summed E-state index contributed by atoms with van der Waals surface area (Å²) >= 11 is 0. The van der Waals surface area contributed by atoms with E-state index in [4.69, 9.17) is 9.72 Å². The zero-order valence-corrected chi connectivity index (χ0v) is 22.8. The Morgan fingerprint density at radius 2 is 1.82 bits per heavy atom. The van der Waals surface area contributed by atoms with Gasteiger partial charge in [0.2, 0.25) is 10.0 Å². The Kier molecular flexibility index (Phi) is 8.04. The fourth-order valence-electron chi connectivity index (χ4n) is 5.44. The van der Waals surface area contributed by atoms with E-state index in [2.05, 4.69) is 29.0 Å². The molecule has 0 aliphatic carbocycles. The van der Waals surface area contributed by atoms with Gasteiger partial charge in [-0.05, 0) is 63.1 Å². The lowest BCUT2D eigenvalue weighted by Gasteiger charge is -2.39. The van der Waals surface area contributed by atoms with Gasteiger partial charge >= 0.3 is 0 Å². The Labute approximate surface area is 224 Å². The summed E-state index contributed by atoms with van der Waals surface area (Å²) in [5.41, 5.74) is 2.13. The summed E-state index contributed by atoms with van der Waals surface area (Å²) in [5, 5.41) is 3.57. The number of piperidine rings is 1. The molecule has 2 aromatic heterocycles. The molecule has 5 rings (SSSR count). The van der Waals surface area contributed by atoms with Gasteiger partial charge in [-0.3, -0.25) is 14.7 Å². The fourth-order valence-corrected chi connectivity index (χ4v) is 6.88. The zero-order valence-electron chi connectivity index (χ0n) is 22.0. The van der Waals surface area contributed by atoms with Crippen LogP contribution in [0.4, 0.5) is 0 Å². The average molecular weight is 538 g/mol. The molecular weight excluding hydrogens is 502 g/mol. The summed E-state index contributed by atoms with van der Waals surface area (Å²) in [6.45, 7) is 7.08. The van der Waals surface area contributed by atoms with Crippen LogP contribution in [-0.4, -0.2) is 85.0 Å². The number of carbonyl (C=O) groups is 1. The van der Waals surface area contributed by atoms with Crippen molar-refractivity contribution in [3.8, 4) is 11.4 Å². The van der Waals surface area contributed by atoms with Crippen LogP contribution >= 0.6 is 0 Å². The number of hydrogen-bond acceptors (Lipinski definition) is 7. The van der Waals surface area contributed by atoms with Crippen molar-refractivity contribution in [3.05, 3.63) is 54.2 Å². The fraction of sp³-hybridized carbons (Fsp3) is 0.464. The second-order valence-electron chi connectivity index (χ2n) is 10.1. The topological polar surface area (TPSA) is 105 Å². The molecule has 10 heteroatoms. The van der Waals surface area contributed by atoms with Crippen LogP contribution in [0.2, 0.25) is 0 Å². The highest BCUT2D eigenvalue weighted by molar-refractivity contribution is 7.89. The minimum Gasteiger partial charge on any atom is -0.379 e. The number of benzene rings is 1. The SMILES string of the molecule is C[C@@H]1CCC[C@@H](C)N1CCNC(=O)c1cc(-c2ccccn2)nc2ccc(S(=O)(=O)N3CCOCC3)cc12. The summed E-state index contributed by atoms with van der Waals surface area (Å²) in [6, 6.07) is 13.0. The first-order valence-electron chi connectivity index (χ1n) is 13.3. The van der Waals surface area contributed by atoms with Crippen LogP contribution in [0.15, 0.2) is 53.6 Å². The predicted molar refractivity (Wildman–Crippen MR) is 146 cm³/mol. The lowest BCUT2D eigenvalue weighted by molar-refractivity contribution is 0.0730. The number of amides is 1. The number of likely N-dealkylation sites (tertiary alicyclic amines) is 1. The number of nitrogens with one attached hydrogen (secondary N) is 1. The third kappa shape index (κ3) is 5.58. The van der Waals surface area contributed by atoms with Crippen molar-refractivity contribution in [2.75, 3.05) is 39.4 Å². The first kappa shape index (κ1) is 26.7. The van der Waals surface area contributed by atoms with Gasteiger partial charge in [0.05, 0.1) is 40.6 Å². The highest BCUT2D eigenvalue weighted by atomic mass is 32.2. The molecule has 2 aliphatic rings. The Morgan fingerprint density at radius 3 is 2.53 bits per heavy atom. The third-order valence-electron chi connectivity index (χ3n) is 7.59. The van der Waals surface area contributed by atoms with Gasteiger partial charge < -0.3 is 10.1 Å². The number of aromatic nitrogens is 2. The Hall–Kier alpha value is -2.92. The first-order chi connectivity index (χ1) is 18.3. The van der Waals surface area contributed by atoms with Crippen molar-refractivity contribution in [1.29, 1.82) is 0 Å². The quantitative estimate of drug-likeness (QED) is 0.493. The van der Waals surface area contributed by atoms with E-state index in [0.717, 1.165) is 6.54 Å². The van der Waals surface area contributed by atoms with Gasteiger partial charge in [-0.2, -0.15) is 4.31 Å². The van der Waals surface area contributed by atoms with E-state index < -0.39 is 10.0 Å². The molecule has 202 valence electrons. The molecule has 0 spiro atoms. The molecule has 1 aromatic carbocycles. The van der Waals surface area contributed by atoms with E-state index in [9.17, 15) is 13.2 Å². The highest BCUT2D eigenvalue weighted by Crippen LogP contribution is 2.28. The van der Waals surface area contributed by atoms with Gasteiger partial charge in [0, 0.05) is 49.8 Å². The normalized spacial score (nSPS) is 21.4. The van der Waals surface area contributed by atoms with Crippen LogP contribution < -0.4 is 5.32 Å². The van der Waals surface area contributed by atoms with Gasteiger partial charge in [-0.25, -0.2) is 13.4 Å². The summed E-state index contributed by atoms with van der Waals surface area (Å²) in [7, 11) is -3.73. The predicted octanol–water partition coefficient (Wildman–Crippen LogP) is 3.31. The van der Waals surface area contributed by atoms with E-state index in [1.165, 1.54) is 23.6 Å². The van der Waals surface area contributed by atoms with Crippen LogP contribution in [-0.2, 0) is 14.8 Å². The minimum absolute atomic E-state index is 0.143. The number of fused-ring (bicyclic) bond motifs is 1. The van der Waals surface area contributed by atoms with Crippen molar-refractivity contribution >= 4 is 26.8 Å². The van der Waals surface area contributed by atoms with Crippen molar-refractivity contribution in [3.63, 3.8) is 0 Å². The van der Waals surface area contributed by atoms with Gasteiger partial charge in [0.15, 0.2) is 0 Å². The van der Waals surface area contributed by atoms with Gasteiger partial charge in [0.25, 0.3) is 5.91 Å². The molecule has 2 saturated heterocycles. The number of nitrogens with zero attached hydrogens (tertiary/aromatic N) is 4. The molecule has 2 aliphatic heterocycles. The Morgan fingerprint density at radius 1 is 1.05 bits per heavy atom. The molecular formula is C28H35N5O4S. The molecule has 0 bridgehead atoms. The van der Waals surface area contributed by atoms with Crippen LogP contribution in [0.1, 0.15) is 43.5 Å². The van der Waals surface area contributed by atoms with Crippen LogP contribution in [0, 0.1) is 0 Å². The lowest BCUT2D eigenvalue weighted by Crippen LogP contribution is -2.47. The van der Waals surface area contributed by atoms with E-state index in [0.29, 0.717) is 72.8 Å². The van der Waals surface area contributed by atoms with Crippen LogP contribution in [0.25, 0.3) is 22.3 Å². The van der Waals surface area contributed by atoms with Crippen molar-refractivity contribution < 1.29 is 17.9 Å². The van der Waals surface area contributed by atoms with E-state index >= 15 is 0 Å². The molecule has 1 amide bonds. The van der Waals surface area contributed by atoms with Crippen molar-refractivity contribution in [1.82, 2.24) is 24.5 Å². The molecule has 0 unspecified atom stereocenters. The molecule has 38 heavy (non-hydrogen) atoms. The molecule has 2 fully saturated rings. The van der Waals surface area contributed by atoms with E-state index in [1.807, 2.05) is 18.2 Å². The maximum Gasteiger partial charge on any atom is 0.252 e. The van der Waals surface area contributed by atoms with Crippen molar-refractivity contribution in [2.45, 2.75) is 50.1 Å². The molecule has 9 nitrogen and oxygen atoms in total. The average Bonchev–Trinajstić information content (AvgIpc) is 2.94. The third-order valence-corrected chi connectivity index (χ3v) is 9.49. The zero-order chi connectivity index (χ0) is 26.7. The number of rotatable bonds is 7. The van der Waals surface area contributed by atoms with Gasteiger partial charge in [0.1, 0.15) is 0 Å². The second kappa shape index (κ2) is 11.4. The smallest absolute Gasteiger partial charge is 0.252 e. The number of morpholine rings is 1. The molecule has 1 N–H and O–H groups in total. The summed E-state index contributed by atoms with van der Waals surface area (Å²) in [4.78, 5) is 25.3. The molecule has 3 aromatic rings. The number of pyridine rings is 2. The van der Waals surface area contributed by atoms with E-state index in [1.54, 1.807) is 30.5 Å². The highest BCUT2D eigenvalue weighted by Gasteiger charge is 2.28. The summed E-state index contributed by atoms with van der Waals surface area (Å²) in [5.74, 6) is -0.257. The summed E-state index contributed by atoms with van der Waals surface area (Å²) in [6.07, 6.45) is 5.25. The lowest BCUT2D eigenvalue weighted by atomic mass is 9.98. The Bertz CT molecular complexity index is 1380. The second-order valence-corrected chi connectivity index (χ2v) is 12.0. The van der Waals surface area contributed by atoms with Crippen LogP contribution in [0.3, 0.4) is 0 Å². The largest absolute Gasteiger partial charge is 0.379 e. The minimum atomic E-state index is -3.73. The standard InChI is InChI=1S/C28H35N5O4S/c1-20-6-5-7-21(2)33(20)13-12-30-28(34)24-19-27(26-8-3-4-11-29-26)31-25-10-9-22(18-23(24)25)38(35,36)32-14-16-37-17-15-32/h3-4,8-11,18-21H,5-7,12-17H2,1-2H3,(H,30,34)/t20-,21-/m1/s1. The van der Waals surface area contributed by atoms with Crippen LogP contribution in [0.5, 0.6) is 0 Å². The van der Waals surface area contributed by atoms with E-state index in [-0.39, 0.29) is 10.8 Å². The number of sulfonamides is 1. The van der Waals surface area contributed by atoms with Crippen molar-refractivity contribution in [2.24, 2.45) is 0 Å². The number of carbonyl (C=O) groups excluding carboxylic acids is 1. The molecule has 0 saturated carbocycles. The van der Waals surface area contributed by atoms with Gasteiger partial charge in [-0.1, -0.05) is 12.5 Å². The van der Waals surface area contributed by atoms with Gasteiger partial charge in [-0.15, -0.1) is 0 Å².